The topological polar surface area (TPSA) is 6.48 Å². The molecule has 0 unspecified atom stereocenters. The summed E-state index contributed by atoms with van der Waals surface area (Å²) >= 11 is 0. The number of hydrogen-bond acceptors (Lipinski definition) is 2. The van der Waals surface area contributed by atoms with Crippen LogP contribution in [-0.2, 0) is 0 Å². The van der Waals surface area contributed by atoms with Gasteiger partial charge in [0.1, 0.15) is 0 Å². The summed E-state index contributed by atoms with van der Waals surface area (Å²) in [6, 6.07) is 83.0. The molecule has 0 radical (unpaired) electrons. The highest BCUT2D eigenvalue weighted by Gasteiger charge is 2.21. The largest absolute Gasteiger partial charge is 0.310 e. The Labute approximate surface area is 327 Å². The van der Waals surface area contributed by atoms with Gasteiger partial charge in [-0.3, -0.25) is 0 Å². The van der Waals surface area contributed by atoms with Crippen LogP contribution < -0.4 is 9.80 Å². The molecule has 264 valence electrons. The van der Waals surface area contributed by atoms with E-state index in [0.29, 0.717) is 0 Å². The van der Waals surface area contributed by atoms with Crippen LogP contribution in [0.4, 0.5) is 34.1 Å². The summed E-state index contributed by atoms with van der Waals surface area (Å²) in [4.78, 5) is 4.79. The molecular formula is C54H38N2. The highest BCUT2D eigenvalue weighted by molar-refractivity contribution is 6.26. The van der Waals surface area contributed by atoms with Crippen molar-refractivity contribution in [3.05, 3.63) is 231 Å². The summed E-state index contributed by atoms with van der Waals surface area (Å²) in [5.41, 5.74) is 11.5. The predicted molar refractivity (Wildman–Crippen MR) is 239 cm³/mol. The number of benzene rings is 10. The van der Waals surface area contributed by atoms with Gasteiger partial charge in [-0.2, -0.15) is 0 Å². The molecule has 0 spiro atoms. The third-order valence-corrected chi connectivity index (χ3v) is 10.8. The first-order valence-corrected chi connectivity index (χ1v) is 19.2. The van der Waals surface area contributed by atoms with Gasteiger partial charge in [0, 0.05) is 33.9 Å². The van der Waals surface area contributed by atoms with Crippen LogP contribution in [0.3, 0.4) is 0 Å². The van der Waals surface area contributed by atoms with Crippen LogP contribution in [-0.4, -0.2) is 0 Å². The molecule has 0 saturated carbocycles. The lowest BCUT2D eigenvalue weighted by molar-refractivity contribution is 1.29. The zero-order valence-electron chi connectivity index (χ0n) is 30.8. The van der Waals surface area contributed by atoms with Gasteiger partial charge < -0.3 is 9.80 Å². The van der Waals surface area contributed by atoms with E-state index < -0.39 is 0 Å². The van der Waals surface area contributed by atoms with Gasteiger partial charge >= 0.3 is 0 Å². The van der Waals surface area contributed by atoms with Gasteiger partial charge in [-0.25, -0.2) is 0 Å². The van der Waals surface area contributed by atoms with Crippen LogP contribution in [0.15, 0.2) is 231 Å². The molecule has 10 rings (SSSR count). The summed E-state index contributed by atoms with van der Waals surface area (Å²) in [6.45, 7) is 0. The number of para-hydroxylation sites is 4. The number of fused-ring (bicyclic) bond motifs is 6. The van der Waals surface area contributed by atoms with Gasteiger partial charge in [-0.1, -0.05) is 170 Å². The minimum Gasteiger partial charge on any atom is -0.310 e. The summed E-state index contributed by atoms with van der Waals surface area (Å²) in [6.07, 6.45) is 0. The first-order valence-electron chi connectivity index (χ1n) is 19.2. The van der Waals surface area contributed by atoms with Crippen molar-refractivity contribution in [1.29, 1.82) is 0 Å². The van der Waals surface area contributed by atoms with Gasteiger partial charge in [0.05, 0.1) is 11.4 Å². The molecule has 0 aromatic heterocycles. The predicted octanol–water partition coefficient (Wildman–Crippen LogP) is 15.4. The first kappa shape index (κ1) is 33.2. The Balaban J connectivity index is 1.18. The molecule has 10 aromatic carbocycles. The standard InChI is InChI=1S/C54H38N2/c1-5-19-39(20-6-1)45-27-15-17-31-53(45)55(41-23-9-3-10-24-41)43-33-35-49-50-36-34-44(38-52(50)48-30-14-13-29-47(48)51(49)37-43)56(42-25-11-4-12-26-42)54-32-18-16-28-46(54)40-21-7-2-8-22-40/h1-38H. The molecule has 0 atom stereocenters. The van der Waals surface area contributed by atoms with Crippen molar-refractivity contribution in [2.75, 3.05) is 9.80 Å². The van der Waals surface area contributed by atoms with Gasteiger partial charge in [0.25, 0.3) is 0 Å². The van der Waals surface area contributed by atoms with Gasteiger partial charge in [-0.15, -0.1) is 0 Å². The monoisotopic (exact) mass is 714 g/mol. The number of hydrogen-bond donors (Lipinski definition) is 0. The molecule has 56 heavy (non-hydrogen) atoms. The van der Waals surface area contributed by atoms with Gasteiger partial charge in [-0.05, 0) is 104 Å². The summed E-state index contributed by atoms with van der Waals surface area (Å²) in [5.74, 6) is 0. The van der Waals surface area contributed by atoms with Crippen molar-refractivity contribution in [2.24, 2.45) is 0 Å². The van der Waals surface area contributed by atoms with Crippen LogP contribution in [0.5, 0.6) is 0 Å². The smallest absolute Gasteiger partial charge is 0.0540 e. The van der Waals surface area contributed by atoms with Crippen LogP contribution >= 0.6 is 0 Å². The van der Waals surface area contributed by atoms with E-state index in [1.807, 2.05) is 0 Å². The second-order valence-corrected chi connectivity index (χ2v) is 14.1. The van der Waals surface area contributed by atoms with E-state index in [9.17, 15) is 0 Å². The van der Waals surface area contributed by atoms with Crippen LogP contribution in [0, 0.1) is 0 Å². The van der Waals surface area contributed by atoms with Crippen LogP contribution in [0.1, 0.15) is 0 Å². The third-order valence-electron chi connectivity index (χ3n) is 10.8. The molecule has 0 amide bonds. The average Bonchev–Trinajstić information content (AvgIpc) is 3.28. The fraction of sp³-hybridized carbons (Fsp3) is 0. The van der Waals surface area contributed by atoms with E-state index in [-0.39, 0.29) is 0 Å². The van der Waals surface area contributed by atoms with Crippen molar-refractivity contribution in [1.82, 2.24) is 0 Å². The van der Waals surface area contributed by atoms with Crippen molar-refractivity contribution >= 4 is 66.4 Å². The summed E-state index contributed by atoms with van der Waals surface area (Å²) in [5, 5.41) is 7.38. The van der Waals surface area contributed by atoms with Crippen LogP contribution in [0.2, 0.25) is 0 Å². The first-order chi connectivity index (χ1) is 27.8. The normalized spacial score (nSPS) is 11.2. The Kier molecular flexibility index (Phi) is 8.55. The summed E-state index contributed by atoms with van der Waals surface area (Å²) in [7, 11) is 0. The lowest BCUT2D eigenvalue weighted by Crippen LogP contribution is -2.11. The molecule has 0 aliphatic rings. The van der Waals surface area contributed by atoms with E-state index >= 15 is 0 Å². The average molecular weight is 715 g/mol. The second kappa shape index (κ2) is 14.4. The van der Waals surface area contributed by atoms with Gasteiger partial charge in [0.2, 0.25) is 0 Å². The molecule has 0 heterocycles. The van der Waals surface area contributed by atoms with E-state index in [0.717, 1.165) is 34.1 Å². The number of rotatable bonds is 8. The van der Waals surface area contributed by atoms with E-state index in [1.165, 1.54) is 54.6 Å². The maximum atomic E-state index is 2.39. The quantitative estimate of drug-likeness (QED) is 0.145. The highest BCUT2D eigenvalue weighted by atomic mass is 15.1. The number of anilines is 6. The Morgan fingerprint density at radius 3 is 0.946 bits per heavy atom. The minimum atomic E-state index is 1.11. The second-order valence-electron chi connectivity index (χ2n) is 14.1. The third kappa shape index (κ3) is 5.95. The van der Waals surface area contributed by atoms with Crippen molar-refractivity contribution < 1.29 is 0 Å². The Hall–Kier alpha value is -7.42. The molecule has 2 heteroatoms. The zero-order chi connectivity index (χ0) is 37.3. The molecule has 0 aliphatic heterocycles. The lowest BCUT2D eigenvalue weighted by atomic mass is 9.93. The molecular weight excluding hydrogens is 677 g/mol. The van der Waals surface area contributed by atoms with Crippen molar-refractivity contribution in [3.63, 3.8) is 0 Å². The molecule has 0 aliphatic carbocycles. The molecule has 0 bridgehead atoms. The fourth-order valence-electron chi connectivity index (χ4n) is 8.28. The molecule has 0 fully saturated rings. The van der Waals surface area contributed by atoms with Crippen LogP contribution in [0.25, 0.3) is 54.6 Å². The Morgan fingerprint density at radius 2 is 0.536 bits per heavy atom. The molecule has 0 saturated heterocycles. The van der Waals surface area contributed by atoms with Gasteiger partial charge in [0.15, 0.2) is 0 Å². The van der Waals surface area contributed by atoms with Crippen molar-refractivity contribution in [3.8, 4) is 22.3 Å². The Morgan fingerprint density at radius 1 is 0.214 bits per heavy atom. The number of nitrogens with zero attached hydrogens (tertiary/aromatic N) is 2. The maximum absolute atomic E-state index is 2.39. The lowest BCUT2D eigenvalue weighted by Gasteiger charge is -2.29. The molecule has 0 N–H and O–H groups in total. The van der Waals surface area contributed by atoms with E-state index in [4.69, 9.17) is 0 Å². The fourth-order valence-corrected chi connectivity index (χ4v) is 8.28. The summed E-state index contributed by atoms with van der Waals surface area (Å²) < 4.78 is 0. The minimum absolute atomic E-state index is 1.11. The maximum Gasteiger partial charge on any atom is 0.0540 e. The highest BCUT2D eigenvalue weighted by Crippen LogP contribution is 2.46. The molecule has 10 aromatic rings. The van der Waals surface area contributed by atoms with E-state index in [1.54, 1.807) is 0 Å². The Bertz CT molecular complexity index is 2730. The SMILES string of the molecule is c1ccc(-c2ccccc2N(c2ccccc2)c2ccc3c4ccc(N(c5ccccc5)c5ccccc5-c5ccccc5)cc4c4ccccc4c3c2)cc1. The van der Waals surface area contributed by atoms with E-state index in [2.05, 4.69) is 240 Å². The zero-order valence-corrected chi connectivity index (χ0v) is 30.8. The molecule has 2 nitrogen and oxygen atoms in total. The van der Waals surface area contributed by atoms with Crippen molar-refractivity contribution in [2.45, 2.75) is 0 Å².